The summed E-state index contributed by atoms with van der Waals surface area (Å²) in [6.45, 7) is 3.00. The molecule has 5 nitrogen and oxygen atoms in total. The van der Waals surface area contributed by atoms with Crippen molar-refractivity contribution >= 4 is 13.5 Å². The predicted octanol–water partition coefficient (Wildman–Crippen LogP) is 2.39. The third-order valence-corrected chi connectivity index (χ3v) is 3.81. The maximum absolute atomic E-state index is 12.2. The van der Waals surface area contributed by atoms with Crippen molar-refractivity contribution in [2.24, 2.45) is 0 Å². The fraction of sp³-hybridized carbons (Fsp3) is 0.364. The molecule has 1 N–H and O–H groups in total. The summed E-state index contributed by atoms with van der Waals surface area (Å²) in [4.78, 5) is 11.1. The molecule has 1 rings (SSSR count). The van der Waals surface area contributed by atoms with E-state index in [1.54, 1.807) is 31.2 Å². The molecule has 0 bridgehead atoms. The second kappa shape index (κ2) is 5.96. The van der Waals surface area contributed by atoms with Crippen LogP contribution in [0.5, 0.6) is 5.75 Å². The van der Waals surface area contributed by atoms with Crippen LogP contribution in [0.3, 0.4) is 0 Å². The van der Waals surface area contributed by atoms with Crippen molar-refractivity contribution in [2.45, 2.75) is 19.9 Å². The monoisotopic (exact) mass is 257 g/mol. The van der Waals surface area contributed by atoms with E-state index in [2.05, 4.69) is 5.09 Å². The van der Waals surface area contributed by atoms with Gasteiger partial charge in [-0.3, -0.25) is 9.32 Å². The lowest BCUT2D eigenvalue weighted by Gasteiger charge is -2.20. The standard InChI is InChI=1S/C11H16NO4P/c1-9(10(2)13)12-17(14,15-3)16-11-7-5-4-6-8-11/h4-9H,1-3H3,(H,12,14)/t9-,17-/m0/s1. The fourth-order valence-corrected chi connectivity index (χ4v) is 2.35. The predicted molar refractivity (Wildman–Crippen MR) is 65.0 cm³/mol. The van der Waals surface area contributed by atoms with Crippen molar-refractivity contribution in [1.29, 1.82) is 0 Å². The van der Waals surface area contributed by atoms with Crippen LogP contribution < -0.4 is 9.61 Å². The lowest BCUT2D eigenvalue weighted by Crippen LogP contribution is -2.31. The number of rotatable bonds is 6. The van der Waals surface area contributed by atoms with Crippen molar-refractivity contribution in [3.05, 3.63) is 30.3 Å². The average molecular weight is 257 g/mol. The minimum absolute atomic E-state index is 0.140. The Bertz CT molecular complexity index is 421. The van der Waals surface area contributed by atoms with Gasteiger partial charge < -0.3 is 4.52 Å². The smallest absolute Gasteiger partial charge is 0.413 e. The van der Waals surface area contributed by atoms with Gasteiger partial charge in [0.1, 0.15) is 11.5 Å². The number of para-hydroxylation sites is 1. The summed E-state index contributed by atoms with van der Waals surface area (Å²) < 4.78 is 22.2. The third-order valence-electron chi connectivity index (χ3n) is 2.17. The van der Waals surface area contributed by atoms with Gasteiger partial charge in [-0.05, 0) is 26.0 Å². The Morgan fingerprint density at radius 1 is 1.35 bits per heavy atom. The second-order valence-corrected chi connectivity index (χ2v) is 5.35. The van der Waals surface area contributed by atoms with Gasteiger partial charge in [0, 0.05) is 7.11 Å². The van der Waals surface area contributed by atoms with Crippen LogP contribution >= 0.6 is 7.75 Å². The van der Waals surface area contributed by atoms with Gasteiger partial charge in [-0.2, -0.15) is 0 Å². The third kappa shape index (κ3) is 4.30. The van der Waals surface area contributed by atoms with Crippen LogP contribution in [-0.4, -0.2) is 18.9 Å². The lowest BCUT2D eigenvalue weighted by molar-refractivity contribution is -0.118. The minimum Gasteiger partial charge on any atom is -0.413 e. The largest absolute Gasteiger partial charge is 0.459 e. The first-order valence-corrected chi connectivity index (χ1v) is 6.70. The maximum Gasteiger partial charge on any atom is 0.459 e. The molecule has 0 radical (unpaired) electrons. The highest BCUT2D eigenvalue weighted by Gasteiger charge is 2.28. The van der Waals surface area contributed by atoms with Crippen LogP contribution in [-0.2, 0) is 13.9 Å². The molecular weight excluding hydrogens is 241 g/mol. The molecule has 0 aliphatic carbocycles. The van der Waals surface area contributed by atoms with Crippen LogP contribution in [0.25, 0.3) is 0 Å². The van der Waals surface area contributed by atoms with E-state index < -0.39 is 13.8 Å². The quantitative estimate of drug-likeness (QED) is 0.793. The summed E-state index contributed by atoms with van der Waals surface area (Å²) in [6.07, 6.45) is 0. The molecule has 0 spiro atoms. The minimum atomic E-state index is -3.50. The number of carbonyl (C=O) groups excluding carboxylic acids is 1. The normalized spacial score (nSPS) is 15.9. The van der Waals surface area contributed by atoms with E-state index in [1.165, 1.54) is 14.0 Å². The Morgan fingerprint density at radius 3 is 2.41 bits per heavy atom. The van der Waals surface area contributed by atoms with E-state index in [9.17, 15) is 9.36 Å². The van der Waals surface area contributed by atoms with Crippen LogP contribution in [0.1, 0.15) is 13.8 Å². The van der Waals surface area contributed by atoms with E-state index in [0.29, 0.717) is 5.75 Å². The zero-order valence-corrected chi connectivity index (χ0v) is 10.9. The molecule has 0 unspecified atom stereocenters. The Labute approximate surface area is 101 Å². The van der Waals surface area contributed by atoms with Gasteiger partial charge in [0.05, 0.1) is 6.04 Å². The van der Waals surface area contributed by atoms with Gasteiger partial charge in [0.15, 0.2) is 0 Å². The summed E-state index contributed by atoms with van der Waals surface area (Å²) in [5.41, 5.74) is 0. The molecule has 0 heterocycles. The van der Waals surface area contributed by atoms with E-state index in [0.717, 1.165) is 0 Å². The first-order chi connectivity index (χ1) is 7.97. The topological polar surface area (TPSA) is 64.6 Å². The Morgan fingerprint density at radius 2 is 1.94 bits per heavy atom. The SMILES string of the molecule is CO[P@@](=O)(N[C@@H](C)C(C)=O)Oc1ccccc1. The van der Waals surface area contributed by atoms with Crippen molar-refractivity contribution in [2.75, 3.05) is 7.11 Å². The van der Waals surface area contributed by atoms with Crippen LogP contribution in [0.4, 0.5) is 0 Å². The first-order valence-electron chi connectivity index (χ1n) is 5.15. The maximum atomic E-state index is 12.2. The Hall–Kier alpha value is -1.16. The zero-order chi connectivity index (χ0) is 12.9. The van der Waals surface area contributed by atoms with E-state index in [-0.39, 0.29) is 5.78 Å². The van der Waals surface area contributed by atoms with Crippen molar-refractivity contribution in [1.82, 2.24) is 5.09 Å². The summed E-state index contributed by atoms with van der Waals surface area (Å²) in [7, 11) is -2.24. The Kier molecular flexibility index (Phi) is 4.87. The second-order valence-electron chi connectivity index (χ2n) is 3.55. The lowest BCUT2D eigenvalue weighted by atomic mass is 10.3. The molecule has 0 aromatic heterocycles. The summed E-state index contributed by atoms with van der Waals surface area (Å²) in [5.74, 6) is 0.278. The summed E-state index contributed by atoms with van der Waals surface area (Å²) in [6, 6.07) is 8.05. The van der Waals surface area contributed by atoms with E-state index in [4.69, 9.17) is 9.05 Å². The highest BCUT2D eigenvalue weighted by Crippen LogP contribution is 2.43. The van der Waals surface area contributed by atoms with Gasteiger partial charge in [0.2, 0.25) is 0 Å². The van der Waals surface area contributed by atoms with E-state index >= 15 is 0 Å². The fourth-order valence-electron chi connectivity index (χ4n) is 1.06. The van der Waals surface area contributed by atoms with Crippen LogP contribution in [0.15, 0.2) is 30.3 Å². The number of hydrogen-bond acceptors (Lipinski definition) is 4. The highest BCUT2D eigenvalue weighted by molar-refractivity contribution is 7.52. The van der Waals surface area contributed by atoms with Gasteiger partial charge in [-0.1, -0.05) is 18.2 Å². The number of Topliss-reactive ketones (excluding diaryl/α,β-unsaturated/α-hetero) is 1. The number of carbonyl (C=O) groups is 1. The summed E-state index contributed by atoms with van der Waals surface area (Å²) >= 11 is 0. The van der Waals surface area contributed by atoms with E-state index in [1.807, 2.05) is 6.07 Å². The van der Waals surface area contributed by atoms with Crippen molar-refractivity contribution < 1.29 is 18.4 Å². The molecule has 0 saturated heterocycles. The molecule has 0 saturated carbocycles. The number of hydrogen-bond donors (Lipinski definition) is 1. The van der Waals surface area contributed by atoms with Gasteiger partial charge in [-0.25, -0.2) is 9.65 Å². The molecule has 1 aromatic rings. The molecule has 2 atom stereocenters. The van der Waals surface area contributed by atoms with Crippen LogP contribution in [0, 0.1) is 0 Å². The van der Waals surface area contributed by atoms with Crippen molar-refractivity contribution in [3.8, 4) is 5.75 Å². The molecule has 94 valence electrons. The molecule has 0 aliphatic heterocycles. The number of benzene rings is 1. The molecule has 0 amide bonds. The molecular formula is C11H16NO4P. The number of nitrogens with one attached hydrogen (secondary N) is 1. The number of ketones is 1. The molecule has 1 aromatic carbocycles. The molecule has 0 fully saturated rings. The highest BCUT2D eigenvalue weighted by atomic mass is 31.2. The van der Waals surface area contributed by atoms with Gasteiger partial charge in [-0.15, -0.1) is 0 Å². The molecule has 0 aliphatic rings. The molecule has 6 heteroatoms. The average Bonchev–Trinajstić information content (AvgIpc) is 2.30. The summed E-state index contributed by atoms with van der Waals surface area (Å²) in [5, 5.41) is 2.55. The molecule has 17 heavy (non-hydrogen) atoms. The zero-order valence-electron chi connectivity index (χ0n) is 10.0. The van der Waals surface area contributed by atoms with Gasteiger partial charge in [0.25, 0.3) is 0 Å². The van der Waals surface area contributed by atoms with Gasteiger partial charge >= 0.3 is 7.75 Å². The first kappa shape index (κ1) is 13.9. The van der Waals surface area contributed by atoms with Crippen molar-refractivity contribution in [3.63, 3.8) is 0 Å². The Balaban J connectivity index is 2.76. The van der Waals surface area contributed by atoms with Crippen LogP contribution in [0.2, 0.25) is 0 Å².